The van der Waals surface area contributed by atoms with E-state index in [1.165, 1.54) is 11.1 Å². The van der Waals surface area contributed by atoms with E-state index in [-0.39, 0.29) is 23.9 Å². The molecular weight excluding hydrogens is 458 g/mol. The lowest BCUT2D eigenvalue weighted by Crippen LogP contribution is -2.58. The number of benzene rings is 3. The van der Waals surface area contributed by atoms with Crippen LogP contribution in [0.2, 0.25) is 0 Å². The van der Waals surface area contributed by atoms with Gasteiger partial charge in [-0.2, -0.15) is 0 Å². The highest BCUT2D eigenvalue weighted by atomic mass is 35.5. The zero-order chi connectivity index (χ0) is 23.8. The van der Waals surface area contributed by atoms with Gasteiger partial charge in [0, 0.05) is 18.7 Å². The van der Waals surface area contributed by atoms with Gasteiger partial charge in [-0.15, -0.1) is 12.4 Å². The van der Waals surface area contributed by atoms with Gasteiger partial charge in [0.15, 0.2) is 0 Å². The number of methoxy groups -OCH3 is 1. The lowest BCUT2D eigenvalue weighted by atomic mass is 9.68. The molecular formula is C29H36ClN3O2. The lowest BCUT2D eigenvalue weighted by Gasteiger charge is -2.51. The molecule has 1 aliphatic heterocycles. The van der Waals surface area contributed by atoms with E-state index >= 15 is 0 Å². The SMILES string of the molecule is COc1ccccc1C[C@@H]1CCCN(N)[C@]1(CCCNC(=O)c1ccccc1)c1ccccc1.Cl. The fraction of sp³-hybridized carbons (Fsp3) is 0.345. The summed E-state index contributed by atoms with van der Waals surface area (Å²) in [5, 5.41) is 5.15. The van der Waals surface area contributed by atoms with Crippen LogP contribution >= 0.6 is 12.4 Å². The number of carbonyl (C=O) groups is 1. The van der Waals surface area contributed by atoms with Gasteiger partial charge in [0.25, 0.3) is 5.91 Å². The first-order valence-electron chi connectivity index (χ1n) is 12.2. The quantitative estimate of drug-likeness (QED) is 0.311. The Kier molecular flexibility index (Phi) is 9.73. The maximum atomic E-state index is 12.5. The van der Waals surface area contributed by atoms with Crippen molar-refractivity contribution in [2.24, 2.45) is 11.8 Å². The molecule has 35 heavy (non-hydrogen) atoms. The largest absolute Gasteiger partial charge is 0.496 e. The molecule has 2 atom stereocenters. The summed E-state index contributed by atoms with van der Waals surface area (Å²) in [5.74, 6) is 8.03. The molecule has 0 unspecified atom stereocenters. The normalized spacial score (nSPS) is 20.0. The predicted molar refractivity (Wildman–Crippen MR) is 144 cm³/mol. The molecule has 6 heteroatoms. The van der Waals surface area contributed by atoms with Crippen LogP contribution in [-0.2, 0) is 12.0 Å². The van der Waals surface area contributed by atoms with Crippen LogP contribution in [0, 0.1) is 5.92 Å². The van der Waals surface area contributed by atoms with Crippen LogP contribution in [-0.4, -0.2) is 31.1 Å². The molecule has 0 aliphatic carbocycles. The van der Waals surface area contributed by atoms with Crippen molar-refractivity contribution in [3.63, 3.8) is 0 Å². The van der Waals surface area contributed by atoms with E-state index in [1.54, 1.807) is 7.11 Å². The Hall–Kier alpha value is -2.86. The van der Waals surface area contributed by atoms with Crippen LogP contribution in [0.1, 0.15) is 47.2 Å². The fourth-order valence-corrected chi connectivity index (χ4v) is 5.46. The van der Waals surface area contributed by atoms with Gasteiger partial charge in [-0.3, -0.25) is 10.6 Å². The van der Waals surface area contributed by atoms with Crippen LogP contribution in [0.4, 0.5) is 0 Å². The topological polar surface area (TPSA) is 67.6 Å². The van der Waals surface area contributed by atoms with Gasteiger partial charge in [-0.25, -0.2) is 5.01 Å². The maximum Gasteiger partial charge on any atom is 0.251 e. The predicted octanol–water partition coefficient (Wildman–Crippen LogP) is 5.35. The van der Waals surface area contributed by atoms with E-state index in [9.17, 15) is 4.79 Å². The number of halogens is 1. The first kappa shape index (κ1) is 26.7. The highest BCUT2D eigenvalue weighted by Crippen LogP contribution is 2.46. The Bertz CT molecular complexity index is 1060. The third kappa shape index (κ3) is 6.04. The second kappa shape index (κ2) is 12.7. The summed E-state index contributed by atoms with van der Waals surface area (Å²) in [7, 11) is 1.73. The number of nitrogens with two attached hydrogens (primary N) is 1. The van der Waals surface area contributed by atoms with Gasteiger partial charge >= 0.3 is 0 Å². The standard InChI is InChI=1S/C29H35N3O2.ClH/c1-34-27-18-9-8-14-24(27)22-26-17-10-21-32(30)29(26,25-15-6-3-7-16-25)19-11-20-31-28(33)23-12-4-2-5-13-23;/h2-9,12-16,18,26H,10-11,17,19-22,30H2,1H3,(H,31,33);1H/t26-,29+;/m0./s1. The van der Waals surface area contributed by atoms with Gasteiger partial charge in [-0.05, 0) is 67.3 Å². The van der Waals surface area contributed by atoms with Gasteiger partial charge in [0.05, 0.1) is 12.6 Å². The number of para-hydroxylation sites is 1. The van der Waals surface area contributed by atoms with Crippen molar-refractivity contribution in [1.82, 2.24) is 10.3 Å². The van der Waals surface area contributed by atoms with Gasteiger partial charge in [0.2, 0.25) is 0 Å². The van der Waals surface area contributed by atoms with Gasteiger partial charge in [0.1, 0.15) is 5.75 Å². The van der Waals surface area contributed by atoms with E-state index in [0.29, 0.717) is 18.0 Å². The van der Waals surface area contributed by atoms with E-state index in [4.69, 9.17) is 10.6 Å². The van der Waals surface area contributed by atoms with Crippen molar-refractivity contribution in [2.75, 3.05) is 20.2 Å². The molecule has 1 amide bonds. The number of rotatable bonds is 9. The summed E-state index contributed by atoms with van der Waals surface area (Å²) in [6.45, 7) is 1.46. The Balaban J connectivity index is 0.00000342. The second-order valence-electron chi connectivity index (χ2n) is 9.06. The molecule has 1 heterocycles. The Morgan fingerprint density at radius 2 is 1.69 bits per heavy atom. The number of ether oxygens (including phenoxy) is 1. The third-order valence-electron chi connectivity index (χ3n) is 7.13. The van der Waals surface area contributed by atoms with Crippen LogP contribution in [0.3, 0.4) is 0 Å². The van der Waals surface area contributed by atoms with Gasteiger partial charge < -0.3 is 10.1 Å². The van der Waals surface area contributed by atoms with Crippen molar-refractivity contribution >= 4 is 18.3 Å². The molecule has 4 rings (SSSR count). The van der Waals surface area contributed by atoms with Crippen molar-refractivity contribution in [2.45, 2.75) is 37.6 Å². The highest BCUT2D eigenvalue weighted by molar-refractivity contribution is 5.94. The summed E-state index contributed by atoms with van der Waals surface area (Å²) in [6.07, 6.45) is 4.75. The molecule has 0 aromatic heterocycles. The zero-order valence-corrected chi connectivity index (χ0v) is 21.2. The molecule has 0 bridgehead atoms. The van der Waals surface area contributed by atoms with Gasteiger partial charge in [-0.1, -0.05) is 66.7 Å². The van der Waals surface area contributed by atoms with E-state index in [0.717, 1.165) is 44.4 Å². The minimum atomic E-state index is -0.308. The van der Waals surface area contributed by atoms with Crippen LogP contribution < -0.4 is 15.9 Å². The molecule has 1 fully saturated rings. The van der Waals surface area contributed by atoms with Crippen LogP contribution in [0.5, 0.6) is 5.75 Å². The van der Waals surface area contributed by atoms with Crippen LogP contribution in [0.15, 0.2) is 84.9 Å². The molecule has 5 nitrogen and oxygen atoms in total. The molecule has 1 saturated heterocycles. The smallest absolute Gasteiger partial charge is 0.251 e. The molecule has 0 saturated carbocycles. The summed E-state index contributed by atoms with van der Waals surface area (Å²) >= 11 is 0. The summed E-state index contributed by atoms with van der Waals surface area (Å²) in [4.78, 5) is 12.5. The number of carbonyl (C=O) groups excluding carboxylic acids is 1. The Morgan fingerprint density at radius 1 is 1.03 bits per heavy atom. The summed E-state index contributed by atoms with van der Waals surface area (Å²) in [5.41, 5.74) is 2.83. The number of amides is 1. The van der Waals surface area contributed by atoms with Crippen LogP contribution in [0.25, 0.3) is 0 Å². The average Bonchev–Trinajstić information content (AvgIpc) is 2.89. The Labute approximate surface area is 215 Å². The minimum absolute atomic E-state index is 0. The molecule has 186 valence electrons. The summed E-state index contributed by atoms with van der Waals surface area (Å²) in [6, 6.07) is 28.3. The summed E-state index contributed by atoms with van der Waals surface area (Å²) < 4.78 is 5.66. The number of nitrogens with zero attached hydrogens (tertiary/aromatic N) is 1. The molecule has 1 aliphatic rings. The van der Waals surface area contributed by atoms with Crippen molar-refractivity contribution in [3.8, 4) is 5.75 Å². The number of hydrogen-bond acceptors (Lipinski definition) is 4. The fourth-order valence-electron chi connectivity index (χ4n) is 5.46. The molecule has 0 radical (unpaired) electrons. The molecule has 3 N–H and O–H groups in total. The number of hydrazine groups is 1. The molecule has 3 aromatic rings. The number of hydrogen-bond donors (Lipinski definition) is 2. The molecule has 3 aromatic carbocycles. The van der Waals surface area contributed by atoms with E-state index in [1.807, 2.05) is 42.5 Å². The minimum Gasteiger partial charge on any atom is -0.496 e. The van der Waals surface area contributed by atoms with Crippen molar-refractivity contribution in [1.29, 1.82) is 0 Å². The Morgan fingerprint density at radius 3 is 2.40 bits per heavy atom. The molecule has 0 spiro atoms. The second-order valence-corrected chi connectivity index (χ2v) is 9.06. The lowest BCUT2D eigenvalue weighted by molar-refractivity contribution is -0.0209. The highest BCUT2D eigenvalue weighted by Gasteiger charge is 2.46. The van der Waals surface area contributed by atoms with E-state index in [2.05, 4.69) is 52.8 Å². The monoisotopic (exact) mass is 493 g/mol. The zero-order valence-electron chi connectivity index (χ0n) is 20.4. The average molecular weight is 494 g/mol. The number of nitrogens with one attached hydrogen (secondary N) is 1. The number of piperidine rings is 1. The van der Waals surface area contributed by atoms with E-state index < -0.39 is 0 Å². The third-order valence-corrected chi connectivity index (χ3v) is 7.13. The van der Waals surface area contributed by atoms with Crippen molar-refractivity contribution < 1.29 is 9.53 Å². The van der Waals surface area contributed by atoms with Crippen molar-refractivity contribution in [3.05, 3.63) is 102 Å². The maximum absolute atomic E-state index is 12.5. The first-order chi connectivity index (χ1) is 16.6. The first-order valence-corrected chi connectivity index (χ1v) is 12.2.